The third kappa shape index (κ3) is 6.71. The minimum atomic E-state index is -2.28. The first-order valence-electron chi connectivity index (χ1n) is 11.6. The van der Waals surface area contributed by atoms with E-state index in [9.17, 15) is 0 Å². The van der Waals surface area contributed by atoms with Crippen molar-refractivity contribution in [2.75, 3.05) is 13.2 Å². The Bertz CT molecular complexity index is 586. The number of rotatable bonds is 10. The molecule has 0 aromatic carbocycles. The SMILES string of the molecule is CC(C)O[Si](C)(CCCO[C@@H]1[C@H]2OC(C)(C)O[C@H]2O[C@@H]1[C@H]1COC(C)(C)O1)OC(C)C. The van der Waals surface area contributed by atoms with E-state index >= 15 is 0 Å². The molecule has 0 aliphatic carbocycles. The lowest BCUT2D eigenvalue weighted by molar-refractivity contribution is -0.235. The molecule has 0 saturated carbocycles. The normalized spacial score (nSPS) is 34.7. The van der Waals surface area contributed by atoms with Crippen LogP contribution in [0.25, 0.3) is 0 Å². The fourth-order valence-electron chi connectivity index (χ4n) is 4.63. The highest BCUT2D eigenvalue weighted by Crippen LogP contribution is 2.42. The van der Waals surface area contributed by atoms with Gasteiger partial charge in [-0.3, -0.25) is 0 Å². The summed E-state index contributed by atoms with van der Waals surface area (Å²) in [6, 6.07) is 0.856. The van der Waals surface area contributed by atoms with E-state index in [0.29, 0.717) is 13.2 Å². The van der Waals surface area contributed by atoms with Crippen molar-refractivity contribution >= 4 is 8.56 Å². The zero-order valence-corrected chi connectivity index (χ0v) is 21.6. The molecule has 0 amide bonds. The van der Waals surface area contributed by atoms with Crippen molar-refractivity contribution in [2.45, 2.75) is 129 Å². The summed E-state index contributed by atoms with van der Waals surface area (Å²) >= 11 is 0. The lowest BCUT2D eigenvalue weighted by Gasteiger charge is -2.32. The van der Waals surface area contributed by atoms with Crippen molar-refractivity contribution in [3.63, 3.8) is 0 Å². The standard InChI is InChI=1S/C22H42O8Si/c1-14(2)29-31(9,30-15(3)4)12-10-11-23-18-17(16-13-24-21(5,6)26-16)25-20-19(18)27-22(7,8)28-20/h14-20H,10-13H2,1-9H3/t16-,17-,18+,19-,20-/m1/s1. The molecular weight excluding hydrogens is 420 g/mol. The smallest absolute Gasteiger partial charge is 0.335 e. The van der Waals surface area contributed by atoms with Gasteiger partial charge in [-0.25, -0.2) is 0 Å². The Hall–Kier alpha value is -0.103. The molecule has 0 spiro atoms. The molecule has 0 aromatic rings. The largest absolute Gasteiger partial charge is 0.392 e. The Balaban J connectivity index is 1.60. The number of hydrogen-bond donors (Lipinski definition) is 0. The Morgan fingerprint density at radius 1 is 0.903 bits per heavy atom. The van der Waals surface area contributed by atoms with Crippen LogP contribution in [0.2, 0.25) is 12.6 Å². The average molecular weight is 463 g/mol. The molecule has 3 rings (SSSR count). The first kappa shape index (κ1) is 25.5. The van der Waals surface area contributed by atoms with Crippen LogP contribution in [0.15, 0.2) is 0 Å². The summed E-state index contributed by atoms with van der Waals surface area (Å²) < 4.78 is 48.8. The molecule has 31 heavy (non-hydrogen) atoms. The summed E-state index contributed by atoms with van der Waals surface area (Å²) in [6.07, 6.45) is -0.484. The topological polar surface area (TPSA) is 73.8 Å². The lowest BCUT2D eigenvalue weighted by atomic mass is 10.1. The van der Waals surface area contributed by atoms with E-state index in [1.54, 1.807) is 0 Å². The molecule has 0 aromatic heterocycles. The Labute approximate surface area is 188 Å². The van der Waals surface area contributed by atoms with Gasteiger partial charge >= 0.3 is 8.56 Å². The highest BCUT2D eigenvalue weighted by atomic mass is 28.4. The fourth-order valence-corrected chi connectivity index (χ4v) is 7.70. The zero-order chi connectivity index (χ0) is 23.0. The molecule has 0 unspecified atom stereocenters. The van der Waals surface area contributed by atoms with Gasteiger partial charge in [-0.15, -0.1) is 0 Å². The summed E-state index contributed by atoms with van der Waals surface area (Å²) in [4.78, 5) is 0. The van der Waals surface area contributed by atoms with Crippen LogP contribution < -0.4 is 0 Å². The minimum Gasteiger partial charge on any atom is -0.392 e. The van der Waals surface area contributed by atoms with Gasteiger partial charge in [-0.2, -0.15) is 0 Å². The van der Waals surface area contributed by atoms with Gasteiger partial charge in [0.1, 0.15) is 24.4 Å². The lowest BCUT2D eigenvalue weighted by Crippen LogP contribution is -2.45. The molecule has 3 heterocycles. The second-order valence-corrected chi connectivity index (χ2v) is 13.6. The van der Waals surface area contributed by atoms with Crippen LogP contribution in [0, 0.1) is 0 Å². The highest BCUT2D eigenvalue weighted by Gasteiger charge is 2.58. The summed E-state index contributed by atoms with van der Waals surface area (Å²) in [5.74, 6) is -1.33. The van der Waals surface area contributed by atoms with Crippen molar-refractivity contribution in [3.05, 3.63) is 0 Å². The van der Waals surface area contributed by atoms with Crippen LogP contribution in [0.3, 0.4) is 0 Å². The predicted octanol–water partition coefficient (Wildman–Crippen LogP) is 3.71. The Morgan fingerprint density at radius 2 is 1.55 bits per heavy atom. The average Bonchev–Trinajstić information content (AvgIpc) is 3.19. The molecular formula is C22H42O8Si. The van der Waals surface area contributed by atoms with Crippen molar-refractivity contribution in [1.29, 1.82) is 0 Å². The summed E-state index contributed by atoms with van der Waals surface area (Å²) in [5.41, 5.74) is 0. The Morgan fingerprint density at radius 3 is 2.10 bits per heavy atom. The van der Waals surface area contributed by atoms with Gasteiger partial charge in [-0.1, -0.05) is 0 Å². The maximum atomic E-state index is 6.35. The van der Waals surface area contributed by atoms with E-state index in [4.69, 9.17) is 37.3 Å². The molecule has 0 radical (unpaired) electrons. The fraction of sp³-hybridized carbons (Fsp3) is 1.00. The van der Waals surface area contributed by atoms with Crippen LogP contribution in [-0.4, -0.2) is 76.3 Å². The summed E-state index contributed by atoms with van der Waals surface area (Å²) in [5, 5.41) is 0. The minimum absolute atomic E-state index is 0.138. The molecule has 5 atom stereocenters. The van der Waals surface area contributed by atoms with Gasteiger partial charge in [0.2, 0.25) is 0 Å². The van der Waals surface area contributed by atoms with Crippen LogP contribution in [-0.2, 0) is 37.3 Å². The van der Waals surface area contributed by atoms with E-state index in [2.05, 4.69) is 34.2 Å². The zero-order valence-electron chi connectivity index (χ0n) is 20.6. The van der Waals surface area contributed by atoms with Crippen LogP contribution in [0.4, 0.5) is 0 Å². The predicted molar refractivity (Wildman–Crippen MR) is 117 cm³/mol. The first-order chi connectivity index (χ1) is 14.3. The van der Waals surface area contributed by atoms with E-state index in [0.717, 1.165) is 12.5 Å². The Kier molecular flexibility index (Phi) is 7.93. The maximum Gasteiger partial charge on any atom is 0.335 e. The van der Waals surface area contributed by atoms with Gasteiger partial charge in [0.25, 0.3) is 0 Å². The van der Waals surface area contributed by atoms with Gasteiger partial charge in [0.15, 0.2) is 17.9 Å². The van der Waals surface area contributed by atoms with Gasteiger partial charge < -0.3 is 37.3 Å². The highest BCUT2D eigenvalue weighted by molar-refractivity contribution is 6.66. The first-order valence-corrected chi connectivity index (χ1v) is 14.1. The molecule has 3 aliphatic rings. The van der Waals surface area contributed by atoms with E-state index in [-0.39, 0.29) is 36.6 Å². The summed E-state index contributed by atoms with van der Waals surface area (Å²) in [6.45, 7) is 18.9. The van der Waals surface area contributed by atoms with Crippen LogP contribution >= 0.6 is 0 Å². The van der Waals surface area contributed by atoms with E-state index in [1.165, 1.54) is 0 Å². The van der Waals surface area contributed by atoms with Crippen LogP contribution in [0.5, 0.6) is 0 Å². The van der Waals surface area contributed by atoms with Gasteiger partial charge in [0.05, 0.1) is 6.61 Å². The molecule has 3 saturated heterocycles. The van der Waals surface area contributed by atoms with Crippen molar-refractivity contribution < 1.29 is 37.3 Å². The van der Waals surface area contributed by atoms with Gasteiger partial charge in [0, 0.05) is 18.8 Å². The second kappa shape index (κ2) is 9.64. The van der Waals surface area contributed by atoms with E-state index < -0.39 is 26.4 Å². The number of hydrogen-bond acceptors (Lipinski definition) is 8. The molecule has 3 fully saturated rings. The third-order valence-electron chi connectivity index (χ3n) is 5.48. The molecule has 0 N–H and O–H groups in total. The molecule has 3 aliphatic heterocycles. The second-order valence-electron chi connectivity index (χ2n) is 10.3. The summed E-state index contributed by atoms with van der Waals surface area (Å²) in [7, 11) is -2.28. The van der Waals surface area contributed by atoms with Gasteiger partial charge in [-0.05, 0) is 74.4 Å². The number of ether oxygens (including phenoxy) is 6. The molecule has 182 valence electrons. The molecule has 9 heteroatoms. The third-order valence-corrected chi connectivity index (χ3v) is 8.68. The maximum absolute atomic E-state index is 6.35. The monoisotopic (exact) mass is 462 g/mol. The van der Waals surface area contributed by atoms with Crippen molar-refractivity contribution in [1.82, 2.24) is 0 Å². The van der Waals surface area contributed by atoms with Crippen molar-refractivity contribution in [3.8, 4) is 0 Å². The van der Waals surface area contributed by atoms with Crippen LogP contribution in [0.1, 0.15) is 61.8 Å². The quantitative estimate of drug-likeness (QED) is 0.359. The molecule has 8 nitrogen and oxygen atoms in total. The molecule has 0 bridgehead atoms. The van der Waals surface area contributed by atoms with E-state index in [1.807, 2.05) is 27.7 Å². The number of fused-ring (bicyclic) bond motifs is 1. The van der Waals surface area contributed by atoms with Crippen molar-refractivity contribution in [2.24, 2.45) is 0 Å².